The summed E-state index contributed by atoms with van der Waals surface area (Å²) in [5, 5.41) is 0. The molecule has 0 aromatic rings. The van der Waals surface area contributed by atoms with Gasteiger partial charge >= 0.3 is 0 Å². The Morgan fingerprint density at radius 1 is 1.39 bits per heavy atom. The second kappa shape index (κ2) is 6.02. The third-order valence-electron chi connectivity index (χ3n) is 4.21. The number of nitrogens with two attached hydrogens (primary N) is 1. The van der Waals surface area contributed by atoms with Gasteiger partial charge in [0.25, 0.3) is 0 Å². The fourth-order valence-electron chi connectivity index (χ4n) is 3.13. The van der Waals surface area contributed by atoms with E-state index in [4.69, 9.17) is 10.5 Å². The van der Waals surface area contributed by atoms with E-state index in [-0.39, 0.29) is 18.1 Å². The van der Waals surface area contributed by atoms with Crippen LogP contribution in [-0.2, 0) is 9.53 Å². The molecular formula is C14H26N2O2. The van der Waals surface area contributed by atoms with Crippen molar-refractivity contribution in [1.29, 1.82) is 0 Å². The summed E-state index contributed by atoms with van der Waals surface area (Å²) in [6, 6.07) is 0.517. The molecule has 18 heavy (non-hydrogen) atoms. The van der Waals surface area contributed by atoms with Crippen molar-refractivity contribution in [3.63, 3.8) is 0 Å². The Bertz CT molecular complexity index is 296. The molecule has 4 heteroatoms. The normalized spacial score (nSPS) is 37.6. The Kier molecular flexibility index (Phi) is 4.62. The van der Waals surface area contributed by atoms with E-state index in [1.807, 2.05) is 11.8 Å². The number of nitrogens with zero attached hydrogens (tertiary/aromatic N) is 1. The number of carbonyl (C=O) groups is 1. The van der Waals surface area contributed by atoms with E-state index in [9.17, 15) is 4.79 Å². The highest BCUT2D eigenvalue weighted by molar-refractivity contribution is 5.77. The first kappa shape index (κ1) is 13.8. The van der Waals surface area contributed by atoms with E-state index in [0.29, 0.717) is 25.0 Å². The molecule has 0 aromatic heterocycles. The van der Waals surface area contributed by atoms with Gasteiger partial charge in [-0.3, -0.25) is 4.79 Å². The van der Waals surface area contributed by atoms with E-state index in [2.05, 4.69) is 6.92 Å². The largest absolute Gasteiger partial charge is 0.375 e. The van der Waals surface area contributed by atoms with Crippen LogP contribution in [-0.4, -0.2) is 42.1 Å². The second-order valence-electron chi connectivity index (χ2n) is 6.04. The van der Waals surface area contributed by atoms with Gasteiger partial charge in [0.1, 0.15) is 0 Å². The molecular weight excluding hydrogens is 228 g/mol. The van der Waals surface area contributed by atoms with E-state index in [1.165, 1.54) is 6.42 Å². The fraction of sp³-hybridized carbons (Fsp3) is 0.929. The lowest BCUT2D eigenvalue weighted by Crippen LogP contribution is -2.50. The zero-order chi connectivity index (χ0) is 13.1. The summed E-state index contributed by atoms with van der Waals surface area (Å²) < 4.78 is 5.56. The standard InChI is InChI=1S/C14H26N2O2/c1-10-9-18-11(2)8-16(10)14(17)7-12-4-3-5-13(15)6-12/h10-13H,3-9,15H2,1-2H3. The molecule has 1 amide bonds. The highest BCUT2D eigenvalue weighted by atomic mass is 16.5. The van der Waals surface area contributed by atoms with Crippen molar-refractivity contribution in [3.05, 3.63) is 0 Å². The summed E-state index contributed by atoms with van der Waals surface area (Å²) in [5.41, 5.74) is 5.98. The van der Waals surface area contributed by atoms with Crippen LogP contribution in [0.2, 0.25) is 0 Å². The van der Waals surface area contributed by atoms with Crippen LogP contribution in [0.1, 0.15) is 46.0 Å². The lowest BCUT2D eigenvalue weighted by molar-refractivity contribution is -0.144. The van der Waals surface area contributed by atoms with Gasteiger partial charge in [0.05, 0.1) is 18.8 Å². The molecule has 0 spiro atoms. The second-order valence-corrected chi connectivity index (χ2v) is 6.04. The molecule has 2 aliphatic rings. The fourth-order valence-corrected chi connectivity index (χ4v) is 3.13. The molecule has 1 aliphatic heterocycles. The summed E-state index contributed by atoms with van der Waals surface area (Å²) in [4.78, 5) is 14.4. The molecule has 1 saturated carbocycles. The maximum atomic E-state index is 12.4. The number of carbonyl (C=O) groups excluding carboxylic acids is 1. The molecule has 1 saturated heterocycles. The maximum Gasteiger partial charge on any atom is 0.223 e. The van der Waals surface area contributed by atoms with Gasteiger partial charge in [-0.25, -0.2) is 0 Å². The van der Waals surface area contributed by atoms with Gasteiger partial charge < -0.3 is 15.4 Å². The first-order chi connectivity index (χ1) is 8.56. The summed E-state index contributed by atoms with van der Waals surface area (Å²) in [6.45, 7) is 5.49. The zero-order valence-corrected chi connectivity index (χ0v) is 11.6. The van der Waals surface area contributed by atoms with Crippen molar-refractivity contribution in [2.45, 2.75) is 64.1 Å². The molecule has 1 heterocycles. The highest BCUT2D eigenvalue weighted by Crippen LogP contribution is 2.27. The van der Waals surface area contributed by atoms with E-state index < -0.39 is 0 Å². The van der Waals surface area contributed by atoms with Crippen molar-refractivity contribution in [3.8, 4) is 0 Å². The molecule has 1 aliphatic carbocycles. The Hall–Kier alpha value is -0.610. The van der Waals surface area contributed by atoms with Crippen LogP contribution < -0.4 is 5.73 Å². The predicted octanol–water partition coefficient (Wildman–Crippen LogP) is 1.53. The third kappa shape index (κ3) is 3.45. The van der Waals surface area contributed by atoms with Gasteiger partial charge in [0, 0.05) is 19.0 Å². The van der Waals surface area contributed by atoms with Crippen molar-refractivity contribution in [2.75, 3.05) is 13.2 Å². The van der Waals surface area contributed by atoms with Crippen LogP contribution in [0.15, 0.2) is 0 Å². The Morgan fingerprint density at radius 3 is 2.89 bits per heavy atom. The summed E-state index contributed by atoms with van der Waals surface area (Å²) in [5.74, 6) is 0.781. The van der Waals surface area contributed by atoms with E-state index >= 15 is 0 Å². The van der Waals surface area contributed by atoms with Gasteiger partial charge in [-0.15, -0.1) is 0 Å². The third-order valence-corrected chi connectivity index (χ3v) is 4.21. The Labute approximate surface area is 110 Å². The molecule has 4 atom stereocenters. The monoisotopic (exact) mass is 254 g/mol. The molecule has 0 radical (unpaired) electrons. The smallest absolute Gasteiger partial charge is 0.223 e. The van der Waals surface area contributed by atoms with Crippen LogP contribution >= 0.6 is 0 Å². The van der Waals surface area contributed by atoms with Crippen molar-refractivity contribution in [2.24, 2.45) is 11.7 Å². The van der Waals surface area contributed by atoms with E-state index in [0.717, 1.165) is 25.8 Å². The maximum absolute atomic E-state index is 12.4. The number of ether oxygens (including phenoxy) is 1. The SMILES string of the molecule is CC1CN(C(=O)CC2CCCC(N)C2)C(C)CO1. The molecule has 2 N–H and O–H groups in total. The molecule has 2 fully saturated rings. The van der Waals surface area contributed by atoms with Crippen LogP contribution in [0, 0.1) is 5.92 Å². The molecule has 0 bridgehead atoms. The van der Waals surface area contributed by atoms with Gasteiger partial charge in [0.15, 0.2) is 0 Å². The van der Waals surface area contributed by atoms with Gasteiger partial charge in [-0.2, -0.15) is 0 Å². The summed E-state index contributed by atoms with van der Waals surface area (Å²) in [6.07, 6.45) is 5.31. The number of rotatable bonds is 2. The van der Waals surface area contributed by atoms with Crippen LogP contribution in [0.25, 0.3) is 0 Å². The minimum absolute atomic E-state index is 0.166. The minimum Gasteiger partial charge on any atom is -0.375 e. The summed E-state index contributed by atoms with van der Waals surface area (Å²) >= 11 is 0. The quantitative estimate of drug-likeness (QED) is 0.813. The first-order valence-corrected chi connectivity index (χ1v) is 7.23. The zero-order valence-electron chi connectivity index (χ0n) is 11.6. The topological polar surface area (TPSA) is 55.6 Å². The number of amides is 1. The number of hydrogen-bond donors (Lipinski definition) is 1. The highest BCUT2D eigenvalue weighted by Gasteiger charge is 2.30. The van der Waals surface area contributed by atoms with Crippen molar-refractivity contribution < 1.29 is 9.53 Å². The van der Waals surface area contributed by atoms with Crippen LogP contribution in [0.5, 0.6) is 0 Å². The Morgan fingerprint density at radius 2 is 2.17 bits per heavy atom. The van der Waals surface area contributed by atoms with Gasteiger partial charge in [-0.1, -0.05) is 6.42 Å². The Balaban J connectivity index is 1.86. The molecule has 0 aromatic carbocycles. The molecule has 4 unspecified atom stereocenters. The van der Waals surface area contributed by atoms with Crippen molar-refractivity contribution in [1.82, 2.24) is 4.90 Å². The molecule has 104 valence electrons. The average Bonchev–Trinajstić information content (AvgIpc) is 2.32. The molecule has 2 rings (SSSR count). The average molecular weight is 254 g/mol. The first-order valence-electron chi connectivity index (χ1n) is 7.23. The molecule has 4 nitrogen and oxygen atoms in total. The minimum atomic E-state index is 0.166. The van der Waals surface area contributed by atoms with Gasteiger partial charge in [-0.05, 0) is 39.0 Å². The van der Waals surface area contributed by atoms with E-state index in [1.54, 1.807) is 0 Å². The number of morpholine rings is 1. The van der Waals surface area contributed by atoms with Crippen LogP contribution in [0.4, 0.5) is 0 Å². The summed E-state index contributed by atoms with van der Waals surface area (Å²) in [7, 11) is 0. The van der Waals surface area contributed by atoms with Gasteiger partial charge in [0.2, 0.25) is 5.91 Å². The predicted molar refractivity (Wildman–Crippen MR) is 71.1 cm³/mol. The lowest BCUT2D eigenvalue weighted by Gasteiger charge is -2.38. The lowest BCUT2D eigenvalue weighted by atomic mass is 9.84. The van der Waals surface area contributed by atoms with Crippen LogP contribution in [0.3, 0.4) is 0 Å². The number of hydrogen-bond acceptors (Lipinski definition) is 3. The van der Waals surface area contributed by atoms with Crippen molar-refractivity contribution >= 4 is 5.91 Å².